The molecule has 1 rings (SSSR count). The molecule has 5 nitrogen and oxygen atoms in total. The number of nitrogens with two attached hydrogens (primary N) is 1. The molecule has 2 N–H and O–H groups in total. The Kier molecular flexibility index (Phi) is 5.42. The van der Waals surface area contributed by atoms with Gasteiger partial charge >= 0.3 is 0 Å². The van der Waals surface area contributed by atoms with Crippen LogP contribution in [0, 0.1) is 10.1 Å². The summed E-state index contributed by atoms with van der Waals surface area (Å²) in [6, 6.07) is 4.69. The zero-order chi connectivity index (χ0) is 12.7. The molecule has 0 aliphatic carbocycles. The number of nitro benzene ring substituents is 1. The number of hydrogen-bond donors (Lipinski definition) is 1. The van der Waals surface area contributed by atoms with Gasteiger partial charge in [-0.15, -0.1) is 0 Å². The molecule has 0 fully saturated rings. The Balaban J connectivity index is 2.45. The van der Waals surface area contributed by atoms with Crippen molar-refractivity contribution >= 4 is 11.4 Å². The van der Waals surface area contributed by atoms with Crippen LogP contribution in [0.15, 0.2) is 18.2 Å². The van der Waals surface area contributed by atoms with Gasteiger partial charge in [0.05, 0.1) is 11.5 Å². The lowest BCUT2D eigenvalue weighted by Crippen LogP contribution is -1.99. The molecule has 94 valence electrons. The van der Waals surface area contributed by atoms with Gasteiger partial charge in [-0.3, -0.25) is 10.1 Å². The van der Waals surface area contributed by atoms with E-state index in [9.17, 15) is 10.1 Å². The average Bonchev–Trinajstić information content (AvgIpc) is 2.28. The molecule has 1 aromatic rings. The molecular formula is C12H18N2O3. The van der Waals surface area contributed by atoms with Crippen molar-refractivity contribution in [3.05, 3.63) is 33.9 Å². The highest BCUT2D eigenvalue weighted by atomic mass is 16.6. The smallest absolute Gasteiger partial charge is 0.292 e. The molecule has 1 aromatic carbocycles. The quantitative estimate of drug-likeness (QED) is 0.343. The predicted molar refractivity (Wildman–Crippen MR) is 66.7 cm³/mol. The third kappa shape index (κ3) is 4.40. The van der Waals surface area contributed by atoms with Crippen LogP contribution >= 0.6 is 0 Å². The Morgan fingerprint density at radius 2 is 2.18 bits per heavy atom. The largest absolute Gasteiger partial charge is 0.393 e. The fourth-order valence-corrected chi connectivity index (χ4v) is 1.50. The van der Waals surface area contributed by atoms with Gasteiger partial charge in [0.1, 0.15) is 5.69 Å². The molecule has 17 heavy (non-hydrogen) atoms. The van der Waals surface area contributed by atoms with Gasteiger partial charge in [0.25, 0.3) is 5.69 Å². The van der Waals surface area contributed by atoms with Crippen LogP contribution in [0.1, 0.15) is 31.7 Å². The second-order valence-electron chi connectivity index (χ2n) is 3.91. The summed E-state index contributed by atoms with van der Waals surface area (Å²) in [7, 11) is 0. The first-order chi connectivity index (χ1) is 8.15. The Morgan fingerprint density at radius 1 is 1.41 bits per heavy atom. The zero-order valence-corrected chi connectivity index (χ0v) is 10.0. The van der Waals surface area contributed by atoms with Gasteiger partial charge in [-0.1, -0.05) is 19.8 Å². The van der Waals surface area contributed by atoms with Crippen molar-refractivity contribution in [3.8, 4) is 0 Å². The summed E-state index contributed by atoms with van der Waals surface area (Å²) in [6.45, 7) is 3.30. The van der Waals surface area contributed by atoms with Crippen molar-refractivity contribution in [2.75, 3.05) is 12.3 Å². The minimum absolute atomic E-state index is 0.0558. The predicted octanol–water partition coefficient (Wildman–Crippen LogP) is 2.88. The number of nitro groups is 1. The summed E-state index contributed by atoms with van der Waals surface area (Å²) < 4.78 is 5.45. The third-order valence-corrected chi connectivity index (χ3v) is 2.45. The molecular weight excluding hydrogens is 220 g/mol. The van der Waals surface area contributed by atoms with Gasteiger partial charge < -0.3 is 10.5 Å². The van der Waals surface area contributed by atoms with Gasteiger partial charge in [0.2, 0.25) is 0 Å². The van der Waals surface area contributed by atoms with Crippen LogP contribution in [0.4, 0.5) is 11.4 Å². The molecule has 0 unspecified atom stereocenters. The normalized spacial score (nSPS) is 10.4. The topological polar surface area (TPSA) is 78.4 Å². The van der Waals surface area contributed by atoms with E-state index in [1.807, 2.05) is 0 Å². The first-order valence-corrected chi connectivity index (χ1v) is 5.75. The molecule has 0 spiro atoms. The molecule has 0 atom stereocenters. The molecule has 0 saturated heterocycles. The molecule has 0 bridgehead atoms. The minimum Gasteiger partial charge on any atom is -0.393 e. The number of benzene rings is 1. The Morgan fingerprint density at radius 3 is 2.76 bits per heavy atom. The highest BCUT2D eigenvalue weighted by Crippen LogP contribution is 2.22. The van der Waals surface area contributed by atoms with Gasteiger partial charge in [-0.2, -0.15) is 0 Å². The SMILES string of the molecule is CCCCCOCc1ccc([N+](=O)[O-])c(N)c1. The maximum atomic E-state index is 10.6. The van der Waals surface area contributed by atoms with Gasteiger partial charge in [-0.05, 0) is 24.1 Å². The number of rotatable bonds is 7. The summed E-state index contributed by atoms with van der Waals surface area (Å²) in [6.07, 6.45) is 3.36. The number of ether oxygens (including phenoxy) is 1. The molecule has 0 heterocycles. The van der Waals surface area contributed by atoms with Crippen LogP contribution in [0.3, 0.4) is 0 Å². The first-order valence-electron chi connectivity index (χ1n) is 5.75. The van der Waals surface area contributed by atoms with Crippen molar-refractivity contribution in [3.63, 3.8) is 0 Å². The van der Waals surface area contributed by atoms with E-state index in [1.165, 1.54) is 6.07 Å². The van der Waals surface area contributed by atoms with Crippen LogP contribution < -0.4 is 5.73 Å². The molecule has 0 radical (unpaired) electrons. The highest BCUT2D eigenvalue weighted by Gasteiger charge is 2.10. The van der Waals surface area contributed by atoms with Crippen LogP contribution in [0.25, 0.3) is 0 Å². The monoisotopic (exact) mass is 238 g/mol. The second-order valence-corrected chi connectivity index (χ2v) is 3.91. The Bertz CT molecular complexity index is 380. The number of nitrogen functional groups attached to an aromatic ring is 1. The van der Waals surface area contributed by atoms with Crippen LogP contribution in [0.2, 0.25) is 0 Å². The third-order valence-electron chi connectivity index (χ3n) is 2.45. The molecule has 0 aromatic heterocycles. The van der Waals surface area contributed by atoms with Crippen molar-refractivity contribution in [1.29, 1.82) is 0 Å². The van der Waals surface area contributed by atoms with Crippen molar-refractivity contribution in [1.82, 2.24) is 0 Å². The standard InChI is InChI=1S/C12H18N2O3/c1-2-3-4-7-17-9-10-5-6-12(14(15)16)11(13)8-10/h5-6,8H,2-4,7,9,13H2,1H3. The summed E-state index contributed by atoms with van der Waals surface area (Å²) >= 11 is 0. The summed E-state index contributed by atoms with van der Waals surface area (Å²) in [5.41, 5.74) is 6.57. The number of anilines is 1. The summed E-state index contributed by atoms with van der Waals surface area (Å²) in [5, 5.41) is 10.6. The summed E-state index contributed by atoms with van der Waals surface area (Å²) in [5.74, 6) is 0. The van der Waals surface area contributed by atoms with Gasteiger partial charge in [-0.25, -0.2) is 0 Å². The fourth-order valence-electron chi connectivity index (χ4n) is 1.50. The van der Waals surface area contributed by atoms with E-state index in [-0.39, 0.29) is 11.4 Å². The van der Waals surface area contributed by atoms with Crippen molar-refractivity contribution < 1.29 is 9.66 Å². The maximum absolute atomic E-state index is 10.6. The van der Waals surface area contributed by atoms with Crippen molar-refractivity contribution in [2.24, 2.45) is 0 Å². The number of hydrogen-bond acceptors (Lipinski definition) is 4. The van der Waals surface area contributed by atoms with Crippen LogP contribution in [0.5, 0.6) is 0 Å². The van der Waals surface area contributed by atoms with E-state index >= 15 is 0 Å². The van der Waals surface area contributed by atoms with E-state index in [2.05, 4.69) is 6.92 Å². The lowest BCUT2D eigenvalue weighted by Gasteiger charge is -2.05. The van der Waals surface area contributed by atoms with Crippen molar-refractivity contribution in [2.45, 2.75) is 32.8 Å². The lowest BCUT2D eigenvalue weighted by molar-refractivity contribution is -0.383. The Hall–Kier alpha value is -1.62. The van der Waals surface area contributed by atoms with Gasteiger partial charge in [0, 0.05) is 12.7 Å². The van der Waals surface area contributed by atoms with E-state index in [1.54, 1.807) is 12.1 Å². The lowest BCUT2D eigenvalue weighted by atomic mass is 10.2. The molecule has 0 saturated carbocycles. The van der Waals surface area contributed by atoms with Crippen LogP contribution in [-0.4, -0.2) is 11.5 Å². The summed E-state index contributed by atoms with van der Waals surface area (Å²) in [4.78, 5) is 10.1. The van der Waals surface area contributed by atoms with E-state index in [4.69, 9.17) is 10.5 Å². The maximum Gasteiger partial charge on any atom is 0.292 e. The molecule has 0 amide bonds. The molecule has 0 aliphatic rings. The fraction of sp³-hybridized carbons (Fsp3) is 0.500. The Labute approximate surface area is 101 Å². The first kappa shape index (κ1) is 13.4. The minimum atomic E-state index is -0.485. The number of unbranched alkanes of at least 4 members (excludes halogenated alkanes) is 2. The number of nitrogens with zero attached hydrogens (tertiary/aromatic N) is 1. The average molecular weight is 238 g/mol. The second kappa shape index (κ2) is 6.85. The zero-order valence-electron chi connectivity index (χ0n) is 10.0. The molecule has 5 heteroatoms. The van der Waals surface area contributed by atoms with Crippen LogP contribution in [-0.2, 0) is 11.3 Å². The van der Waals surface area contributed by atoms with E-state index < -0.39 is 4.92 Å². The van der Waals surface area contributed by atoms with Gasteiger partial charge in [0.15, 0.2) is 0 Å². The highest BCUT2D eigenvalue weighted by molar-refractivity contribution is 5.59. The van der Waals surface area contributed by atoms with E-state index in [0.29, 0.717) is 13.2 Å². The van der Waals surface area contributed by atoms with E-state index in [0.717, 1.165) is 24.8 Å². The molecule has 0 aliphatic heterocycles.